The summed E-state index contributed by atoms with van der Waals surface area (Å²) in [6.07, 6.45) is 8.03. The van der Waals surface area contributed by atoms with Crippen molar-refractivity contribution < 1.29 is 25.2 Å². The fourth-order valence-electron chi connectivity index (χ4n) is 11.2. The first-order chi connectivity index (χ1) is 16.0. The Morgan fingerprint density at radius 3 is 2.23 bits per heavy atom. The molecule has 0 aliphatic heterocycles. The maximum atomic E-state index is 12.8. The highest BCUT2D eigenvalue weighted by molar-refractivity contribution is 5.76. The number of allylic oxidation sites excluding steroid dienone is 1. The third kappa shape index (κ3) is 2.79. The standard InChI is InChI=1S/C30H48O5/c1-17-8-12-29(24(33)34)15-14-28(7)27(6)11-9-20-25(3,4)23(32)19(31)16-26(20,5)21(27)10-13-30(28,35)22(29)18(17)2/h10,13,17-23,31-32,35H,8-9,11-12,14-16H2,1-7H3,(H,33,34). The first-order valence-corrected chi connectivity index (χ1v) is 14.0. The third-order valence-electron chi connectivity index (χ3n) is 13.5. The van der Waals surface area contributed by atoms with Crippen molar-refractivity contribution in [3.05, 3.63) is 12.2 Å². The second-order valence-corrected chi connectivity index (χ2v) is 14.9. The molecule has 12 atom stereocenters. The molecule has 4 saturated carbocycles. The Labute approximate surface area is 211 Å². The molecule has 35 heavy (non-hydrogen) atoms. The van der Waals surface area contributed by atoms with Crippen LogP contribution in [0, 0.1) is 56.7 Å². The van der Waals surface area contributed by atoms with Gasteiger partial charge >= 0.3 is 5.97 Å². The van der Waals surface area contributed by atoms with Crippen molar-refractivity contribution >= 4 is 5.97 Å². The van der Waals surface area contributed by atoms with Gasteiger partial charge in [-0.05, 0) is 84.9 Å². The Hall–Kier alpha value is -0.910. The van der Waals surface area contributed by atoms with Gasteiger partial charge in [0.2, 0.25) is 0 Å². The molecule has 0 saturated heterocycles. The van der Waals surface area contributed by atoms with E-state index in [1.54, 1.807) is 0 Å². The molecule has 0 aromatic heterocycles. The van der Waals surface area contributed by atoms with Gasteiger partial charge in [0.1, 0.15) is 0 Å². The van der Waals surface area contributed by atoms with Gasteiger partial charge in [-0.1, -0.05) is 60.6 Å². The smallest absolute Gasteiger partial charge is 0.310 e. The molecule has 4 fully saturated rings. The quantitative estimate of drug-likeness (QED) is 0.388. The van der Waals surface area contributed by atoms with Gasteiger partial charge in [-0.3, -0.25) is 4.79 Å². The van der Waals surface area contributed by atoms with E-state index in [2.05, 4.69) is 54.5 Å². The Bertz CT molecular complexity index is 943. The zero-order valence-electron chi connectivity index (χ0n) is 22.8. The van der Waals surface area contributed by atoms with E-state index in [0.717, 1.165) is 19.3 Å². The van der Waals surface area contributed by atoms with Crippen LogP contribution in [0.5, 0.6) is 0 Å². The number of aliphatic hydroxyl groups is 3. The number of hydrogen-bond acceptors (Lipinski definition) is 4. The van der Waals surface area contributed by atoms with Crippen molar-refractivity contribution in [2.75, 3.05) is 0 Å². The fourth-order valence-corrected chi connectivity index (χ4v) is 11.2. The molecule has 12 unspecified atom stereocenters. The molecule has 5 heteroatoms. The van der Waals surface area contributed by atoms with E-state index in [-0.39, 0.29) is 34.5 Å². The lowest BCUT2D eigenvalue weighted by atomic mass is 9.31. The van der Waals surface area contributed by atoms with Gasteiger partial charge in [-0.2, -0.15) is 0 Å². The van der Waals surface area contributed by atoms with Crippen LogP contribution in [0.25, 0.3) is 0 Å². The summed E-state index contributed by atoms with van der Waals surface area (Å²) in [5.74, 6) is -0.145. The predicted molar refractivity (Wildman–Crippen MR) is 135 cm³/mol. The molecule has 5 rings (SSSR count). The summed E-state index contributed by atoms with van der Waals surface area (Å²) in [5.41, 5.74) is -3.35. The number of aliphatic carboxylic acids is 1. The number of carbonyl (C=O) groups is 1. The van der Waals surface area contributed by atoms with Crippen LogP contribution >= 0.6 is 0 Å². The normalized spacial score (nSPS) is 59.0. The summed E-state index contributed by atoms with van der Waals surface area (Å²) >= 11 is 0. The van der Waals surface area contributed by atoms with E-state index >= 15 is 0 Å². The number of carboxylic acid groups (broad SMARTS) is 1. The van der Waals surface area contributed by atoms with E-state index in [1.165, 1.54) is 0 Å². The van der Waals surface area contributed by atoms with Crippen LogP contribution in [0.1, 0.15) is 93.4 Å². The molecule has 0 aromatic rings. The molecule has 5 aliphatic carbocycles. The van der Waals surface area contributed by atoms with E-state index < -0.39 is 40.0 Å². The lowest BCUT2D eigenvalue weighted by molar-refractivity contribution is -0.283. The Morgan fingerprint density at radius 2 is 1.60 bits per heavy atom. The molecule has 0 heterocycles. The minimum absolute atomic E-state index is 0.117. The van der Waals surface area contributed by atoms with E-state index in [0.29, 0.717) is 31.6 Å². The number of carboxylic acids is 1. The van der Waals surface area contributed by atoms with Gasteiger partial charge in [0.25, 0.3) is 0 Å². The summed E-state index contributed by atoms with van der Waals surface area (Å²) in [7, 11) is 0. The predicted octanol–water partition coefficient (Wildman–Crippen LogP) is 5.03. The van der Waals surface area contributed by atoms with Crippen LogP contribution < -0.4 is 0 Å². The van der Waals surface area contributed by atoms with E-state index in [9.17, 15) is 25.2 Å². The first-order valence-electron chi connectivity index (χ1n) is 14.0. The number of fused-ring (bicyclic) bond motifs is 7. The molecule has 0 amide bonds. The van der Waals surface area contributed by atoms with Crippen molar-refractivity contribution in [2.24, 2.45) is 56.7 Å². The van der Waals surface area contributed by atoms with Crippen LogP contribution in [0.15, 0.2) is 12.2 Å². The molecule has 4 N–H and O–H groups in total. The monoisotopic (exact) mass is 488 g/mol. The largest absolute Gasteiger partial charge is 0.481 e. The summed E-state index contributed by atoms with van der Waals surface area (Å²) in [6, 6.07) is 0. The van der Waals surface area contributed by atoms with Crippen molar-refractivity contribution in [3.63, 3.8) is 0 Å². The zero-order chi connectivity index (χ0) is 26.0. The second-order valence-electron chi connectivity index (χ2n) is 14.9. The Kier molecular flexibility index (Phi) is 5.40. The fraction of sp³-hybridized carbons (Fsp3) is 0.900. The SMILES string of the molecule is CC1CCC2(C(=O)O)CCC3(C)C(O)(C=CC4C5(C)CC(O)C(O)C(C)(C)C5CCC43C)C2C1C. The van der Waals surface area contributed by atoms with Gasteiger partial charge in [0, 0.05) is 11.3 Å². The summed E-state index contributed by atoms with van der Waals surface area (Å²) < 4.78 is 0. The van der Waals surface area contributed by atoms with Crippen molar-refractivity contribution in [1.82, 2.24) is 0 Å². The highest BCUT2D eigenvalue weighted by atomic mass is 16.4. The minimum Gasteiger partial charge on any atom is -0.481 e. The minimum atomic E-state index is -1.19. The third-order valence-corrected chi connectivity index (χ3v) is 13.5. The number of rotatable bonds is 1. The molecule has 198 valence electrons. The van der Waals surface area contributed by atoms with Gasteiger partial charge in [0.05, 0.1) is 23.2 Å². The number of hydrogen-bond donors (Lipinski definition) is 4. The van der Waals surface area contributed by atoms with Crippen molar-refractivity contribution in [2.45, 2.75) is 111 Å². The van der Waals surface area contributed by atoms with Crippen molar-refractivity contribution in [3.8, 4) is 0 Å². The Balaban J connectivity index is 1.67. The molecule has 0 spiro atoms. The van der Waals surface area contributed by atoms with Crippen LogP contribution in [0.3, 0.4) is 0 Å². The van der Waals surface area contributed by atoms with Crippen LogP contribution in [0.2, 0.25) is 0 Å². The van der Waals surface area contributed by atoms with Crippen molar-refractivity contribution in [1.29, 1.82) is 0 Å². The average Bonchev–Trinajstić information content (AvgIpc) is 2.76. The highest BCUT2D eigenvalue weighted by Crippen LogP contribution is 2.76. The highest BCUT2D eigenvalue weighted by Gasteiger charge is 2.75. The van der Waals surface area contributed by atoms with Gasteiger partial charge in [0.15, 0.2) is 0 Å². The van der Waals surface area contributed by atoms with Crippen LogP contribution in [-0.4, -0.2) is 44.2 Å². The molecule has 0 aromatic carbocycles. The summed E-state index contributed by atoms with van der Waals surface area (Å²) in [6.45, 7) is 15.5. The lowest BCUT2D eigenvalue weighted by Crippen LogP contribution is -2.74. The topological polar surface area (TPSA) is 98.0 Å². The summed E-state index contributed by atoms with van der Waals surface area (Å²) in [4.78, 5) is 12.8. The first kappa shape index (κ1) is 25.7. The van der Waals surface area contributed by atoms with Crippen LogP contribution in [0.4, 0.5) is 0 Å². The zero-order valence-corrected chi connectivity index (χ0v) is 22.8. The van der Waals surface area contributed by atoms with Crippen LogP contribution in [-0.2, 0) is 4.79 Å². The molecule has 5 nitrogen and oxygen atoms in total. The van der Waals surface area contributed by atoms with Gasteiger partial charge < -0.3 is 20.4 Å². The van der Waals surface area contributed by atoms with E-state index in [1.807, 2.05) is 6.08 Å². The molecule has 0 bridgehead atoms. The summed E-state index contributed by atoms with van der Waals surface area (Å²) in [5, 5.41) is 45.2. The molecule has 0 radical (unpaired) electrons. The van der Waals surface area contributed by atoms with Gasteiger partial charge in [-0.15, -0.1) is 0 Å². The molecule has 5 aliphatic rings. The molecular weight excluding hydrogens is 440 g/mol. The average molecular weight is 489 g/mol. The maximum Gasteiger partial charge on any atom is 0.310 e. The Morgan fingerprint density at radius 1 is 0.943 bits per heavy atom. The van der Waals surface area contributed by atoms with Gasteiger partial charge in [-0.25, -0.2) is 0 Å². The lowest BCUT2D eigenvalue weighted by Gasteiger charge is -2.74. The number of aliphatic hydroxyl groups excluding tert-OH is 2. The maximum absolute atomic E-state index is 12.8. The second kappa shape index (κ2) is 7.35. The van der Waals surface area contributed by atoms with E-state index in [4.69, 9.17) is 0 Å². The molecular formula is C30H48O5.